The molecule has 1 aliphatic heterocycles. The minimum absolute atomic E-state index is 0.164. The fraction of sp³-hybridized carbons (Fsp3) is 0.533. The van der Waals surface area contributed by atoms with Crippen molar-refractivity contribution < 1.29 is 14.3 Å². The zero-order valence-electron chi connectivity index (χ0n) is 12.2. The van der Waals surface area contributed by atoms with Crippen molar-refractivity contribution in [1.29, 1.82) is 0 Å². The Labute approximate surface area is 120 Å². The smallest absolute Gasteiger partial charge is 0.319 e. The van der Waals surface area contributed by atoms with Gasteiger partial charge in [-0.1, -0.05) is 18.2 Å². The lowest BCUT2D eigenvalue weighted by Gasteiger charge is -2.34. The number of carbonyl (C=O) groups excluding carboxylic acids is 1. The van der Waals surface area contributed by atoms with E-state index in [2.05, 4.69) is 15.9 Å². The van der Waals surface area contributed by atoms with E-state index in [-0.39, 0.29) is 5.97 Å². The van der Waals surface area contributed by atoms with Gasteiger partial charge in [0.1, 0.15) is 5.75 Å². The van der Waals surface area contributed by atoms with Crippen LogP contribution in [0.15, 0.2) is 24.3 Å². The summed E-state index contributed by atoms with van der Waals surface area (Å²) in [4.78, 5) is 15.8. The number of esters is 1. The van der Waals surface area contributed by atoms with Crippen molar-refractivity contribution in [3.8, 4) is 5.75 Å². The monoisotopic (exact) mass is 278 g/mol. The lowest BCUT2D eigenvalue weighted by Crippen LogP contribution is -2.47. The van der Waals surface area contributed by atoms with E-state index in [1.54, 1.807) is 7.11 Å². The second-order valence-electron chi connectivity index (χ2n) is 4.94. The van der Waals surface area contributed by atoms with E-state index in [9.17, 15) is 4.79 Å². The van der Waals surface area contributed by atoms with Crippen molar-refractivity contribution in [3.05, 3.63) is 29.8 Å². The predicted molar refractivity (Wildman–Crippen MR) is 76.7 cm³/mol. The molecule has 110 valence electrons. The fourth-order valence-electron chi connectivity index (χ4n) is 2.43. The third-order valence-corrected chi connectivity index (χ3v) is 3.63. The Bertz CT molecular complexity index is 442. The minimum atomic E-state index is -0.164. The van der Waals surface area contributed by atoms with E-state index < -0.39 is 0 Å². The van der Waals surface area contributed by atoms with E-state index in [4.69, 9.17) is 9.47 Å². The summed E-state index contributed by atoms with van der Waals surface area (Å²) < 4.78 is 10.1. The molecule has 0 aromatic heterocycles. The van der Waals surface area contributed by atoms with Gasteiger partial charge in [0, 0.05) is 38.3 Å². The first-order valence-electron chi connectivity index (χ1n) is 6.86. The second-order valence-corrected chi connectivity index (χ2v) is 4.94. The number of benzene rings is 1. The normalized spacial score (nSPS) is 16.9. The molecule has 0 aliphatic carbocycles. The molecule has 1 heterocycles. The topological polar surface area (TPSA) is 42.0 Å². The first kappa shape index (κ1) is 14.8. The van der Waals surface area contributed by atoms with Crippen molar-refractivity contribution >= 4 is 5.97 Å². The van der Waals surface area contributed by atoms with Gasteiger partial charge in [-0.3, -0.25) is 14.6 Å². The quantitative estimate of drug-likeness (QED) is 0.751. The van der Waals surface area contributed by atoms with Crippen molar-refractivity contribution in [2.45, 2.75) is 6.54 Å². The van der Waals surface area contributed by atoms with Crippen LogP contribution in [0.4, 0.5) is 0 Å². The van der Waals surface area contributed by atoms with Crippen LogP contribution in [-0.2, 0) is 16.1 Å². The van der Waals surface area contributed by atoms with Gasteiger partial charge < -0.3 is 9.47 Å². The van der Waals surface area contributed by atoms with Crippen LogP contribution >= 0.6 is 0 Å². The van der Waals surface area contributed by atoms with Crippen LogP contribution in [0.1, 0.15) is 5.56 Å². The highest BCUT2D eigenvalue weighted by atomic mass is 16.5. The highest BCUT2D eigenvalue weighted by Gasteiger charge is 2.19. The number of methoxy groups -OCH3 is 2. The Morgan fingerprint density at radius 3 is 2.40 bits per heavy atom. The van der Waals surface area contributed by atoms with Crippen LogP contribution < -0.4 is 4.74 Å². The number of para-hydroxylation sites is 1. The van der Waals surface area contributed by atoms with Crippen molar-refractivity contribution in [3.63, 3.8) is 0 Å². The van der Waals surface area contributed by atoms with Crippen molar-refractivity contribution in [2.24, 2.45) is 0 Å². The molecule has 1 aliphatic rings. The van der Waals surface area contributed by atoms with Crippen LogP contribution in [-0.4, -0.2) is 62.7 Å². The van der Waals surface area contributed by atoms with Gasteiger partial charge in [0.25, 0.3) is 0 Å². The average molecular weight is 278 g/mol. The molecule has 1 fully saturated rings. The van der Waals surface area contributed by atoms with Crippen LogP contribution in [0.5, 0.6) is 5.75 Å². The van der Waals surface area contributed by atoms with Gasteiger partial charge in [0.2, 0.25) is 0 Å². The van der Waals surface area contributed by atoms with Gasteiger partial charge in [-0.2, -0.15) is 0 Å². The highest BCUT2D eigenvalue weighted by molar-refractivity contribution is 5.71. The predicted octanol–water partition coefficient (Wildman–Crippen LogP) is 0.986. The van der Waals surface area contributed by atoms with E-state index in [1.165, 1.54) is 12.7 Å². The number of nitrogens with zero attached hydrogens (tertiary/aromatic N) is 2. The second kappa shape index (κ2) is 7.26. The summed E-state index contributed by atoms with van der Waals surface area (Å²) in [5.74, 6) is 0.771. The van der Waals surface area contributed by atoms with Crippen LogP contribution in [0.3, 0.4) is 0 Å². The minimum Gasteiger partial charge on any atom is -0.496 e. The molecule has 5 nitrogen and oxygen atoms in total. The first-order valence-corrected chi connectivity index (χ1v) is 6.86. The lowest BCUT2D eigenvalue weighted by atomic mass is 10.1. The number of rotatable bonds is 5. The van der Waals surface area contributed by atoms with Crippen molar-refractivity contribution in [2.75, 3.05) is 46.9 Å². The molecule has 20 heavy (non-hydrogen) atoms. The molecule has 2 rings (SSSR count). The zero-order chi connectivity index (χ0) is 14.4. The van der Waals surface area contributed by atoms with Crippen molar-refractivity contribution in [1.82, 2.24) is 9.80 Å². The van der Waals surface area contributed by atoms with Crippen LogP contribution in [0.2, 0.25) is 0 Å². The summed E-state index contributed by atoms with van der Waals surface area (Å²) in [7, 11) is 3.13. The molecule has 0 spiro atoms. The SMILES string of the molecule is COC(=O)CN1CCN(Cc2ccccc2OC)CC1. The fourth-order valence-corrected chi connectivity index (χ4v) is 2.43. The maximum atomic E-state index is 11.2. The molecule has 0 atom stereocenters. The van der Waals surface area contributed by atoms with Gasteiger partial charge in [-0.15, -0.1) is 0 Å². The van der Waals surface area contributed by atoms with Gasteiger partial charge in [-0.05, 0) is 6.07 Å². The molecule has 1 aromatic rings. The summed E-state index contributed by atoms with van der Waals surface area (Å²) in [5.41, 5.74) is 1.21. The maximum Gasteiger partial charge on any atom is 0.319 e. The third kappa shape index (κ3) is 3.95. The van der Waals surface area contributed by atoms with E-state index in [0.29, 0.717) is 6.54 Å². The number of ether oxygens (including phenoxy) is 2. The van der Waals surface area contributed by atoms with E-state index >= 15 is 0 Å². The first-order chi connectivity index (χ1) is 9.72. The Balaban J connectivity index is 1.84. The summed E-state index contributed by atoms with van der Waals surface area (Å²) >= 11 is 0. The summed E-state index contributed by atoms with van der Waals surface area (Å²) in [6, 6.07) is 8.10. The van der Waals surface area contributed by atoms with Gasteiger partial charge in [0.05, 0.1) is 20.8 Å². The zero-order valence-corrected chi connectivity index (χ0v) is 12.2. The number of carbonyl (C=O) groups is 1. The van der Waals surface area contributed by atoms with E-state index in [0.717, 1.165) is 38.5 Å². The molecule has 0 unspecified atom stereocenters. The molecule has 0 bridgehead atoms. The van der Waals surface area contributed by atoms with Crippen LogP contribution in [0.25, 0.3) is 0 Å². The Hall–Kier alpha value is -1.59. The molecule has 1 saturated heterocycles. The maximum absolute atomic E-state index is 11.2. The molecule has 0 saturated carbocycles. The summed E-state index contributed by atoms with van der Waals surface area (Å²) in [6.07, 6.45) is 0. The lowest BCUT2D eigenvalue weighted by molar-refractivity contribution is -0.142. The number of hydrogen-bond acceptors (Lipinski definition) is 5. The standard InChI is InChI=1S/C15H22N2O3/c1-19-14-6-4-3-5-13(14)11-16-7-9-17(10-8-16)12-15(18)20-2/h3-6H,7-12H2,1-2H3. The molecule has 0 amide bonds. The molecule has 0 N–H and O–H groups in total. The third-order valence-electron chi connectivity index (χ3n) is 3.63. The molecular formula is C15H22N2O3. The number of hydrogen-bond donors (Lipinski definition) is 0. The Kier molecular flexibility index (Phi) is 5.38. The highest BCUT2D eigenvalue weighted by Crippen LogP contribution is 2.19. The molecule has 5 heteroatoms. The molecular weight excluding hydrogens is 256 g/mol. The number of piperazine rings is 1. The van der Waals surface area contributed by atoms with Crippen LogP contribution in [0, 0.1) is 0 Å². The van der Waals surface area contributed by atoms with Gasteiger partial charge in [-0.25, -0.2) is 0 Å². The van der Waals surface area contributed by atoms with Gasteiger partial charge in [0.15, 0.2) is 0 Å². The molecule has 1 aromatic carbocycles. The molecule has 0 radical (unpaired) electrons. The largest absolute Gasteiger partial charge is 0.496 e. The average Bonchev–Trinajstić information content (AvgIpc) is 2.49. The summed E-state index contributed by atoms with van der Waals surface area (Å²) in [5, 5.41) is 0. The van der Waals surface area contributed by atoms with Gasteiger partial charge >= 0.3 is 5.97 Å². The summed E-state index contributed by atoms with van der Waals surface area (Å²) in [6.45, 7) is 4.97. The Morgan fingerprint density at radius 2 is 1.75 bits per heavy atom. The van der Waals surface area contributed by atoms with E-state index in [1.807, 2.05) is 18.2 Å². The Morgan fingerprint density at radius 1 is 1.10 bits per heavy atom.